The standard InChI is InChI=1S/C20H18IN3O/c1-12-9-16(11-23-20-17(10-22)13(2)15(4)25-20)14(3)24(12)19-8-6-5-7-18(19)21/h5-9,11H,1-4H3. The van der Waals surface area contributed by atoms with Gasteiger partial charge >= 0.3 is 0 Å². The topological polar surface area (TPSA) is 54.2 Å². The van der Waals surface area contributed by atoms with Crippen molar-refractivity contribution in [1.82, 2.24) is 4.57 Å². The van der Waals surface area contributed by atoms with Gasteiger partial charge in [0.05, 0.1) is 5.69 Å². The maximum absolute atomic E-state index is 9.30. The molecule has 0 unspecified atom stereocenters. The van der Waals surface area contributed by atoms with E-state index in [-0.39, 0.29) is 0 Å². The van der Waals surface area contributed by atoms with E-state index >= 15 is 0 Å². The van der Waals surface area contributed by atoms with Gasteiger partial charge in [0.1, 0.15) is 17.4 Å². The molecule has 2 heterocycles. The molecule has 0 fully saturated rings. The van der Waals surface area contributed by atoms with Crippen molar-refractivity contribution in [2.75, 3.05) is 0 Å². The molecule has 0 spiro atoms. The van der Waals surface area contributed by atoms with Gasteiger partial charge < -0.3 is 8.98 Å². The lowest BCUT2D eigenvalue weighted by molar-refractivity contribution is 0.542. The minimum atomic E-state index is 0.372. The van der Waals surface area contributed by atoms with Crippen molar-refractivity contribution >= 4 is 34.7 Å². The second-order valence-electron chi connectivity index (χ2n) is 5.95. The Labute approximate surface area is 160 Å². The Balaban J connectivity index is 2.04. The van der Waals surface area contributed by atoms with E-state index in [1.165, 1.54) is 3.57 Å². The molecule has 0 saturated carbocycles. The van der Waals surface area contributed by atoms with Crippen LogP contribution in [0, 0.1) is 42.6 Å². The number of nitrogens with zero attached hydrogens (tertiary/aromatic N) is 3. The number of furan rings is 1. The predicted molar refractivity (Wildman–Crippen MR) is 108 cm³/mol. The number of nitriles is 1. The van der Waals surface area contributed by atoms with Gasteiger partial charge in [0.15, 0.2) is 0 Å². The smallest absolute Gasteiger partial charge is 0.237 e. The largest absolute Gasteiger partial charge is 0.442 e. The summed E-state index contributed by atoms with van der Waals surface area (Å²) in [5.41, 5.74) is 5.74. The van der Waals surface area contributed by atoms with Crippen LogP contribution in [-0.2, 0) is 0 Å². The fourth-order valence-corrected chi connectivity index (χ4v) is 3.51. The van der Waals surface area contributed by atoms with Crippen LogP contribution in [0.3, 0.4) is 0 Å². The maximum atomic E-state index is 9.30. The van der Waals surface area contributed by atoms with Crippen molar-refractivity contribution in [3.05, 3.63) is 67.7 Å². The van der Waals surface area contributed by atoms with E-state index in [2.05, 4.69) is 70.3 Å². The molecule has 0 bridgehead atoms. The average molecular weight is 443 g/mol. The van der Waals surface area contributed by atoms with Crippen LogP contribution in [0.1, 0.15) is 33.8 Å². The van der Waals surface area contributed by atoms with Gasteiger partial charge in [-0.15, -0.1) is 0 Å². The molecule has 0 aliphatic rings. The fraction of sp³-hybridized carbons (Fsp3) is 0.200. The maximum Gasteiger partial charge on any atom is 0.237 e. The molecular formula is C20H18IN3O. The van der Waals surface area contributed by atoms with Crippen molar-refractivity contribution in [1.29, 1.82) is 5.26 Å². The van der Waals surface area contributed by atoms with Gasteiger partial charge in [-0.3, -0.25) is 0 Å². The summed E-state index contributed by atoms with van der Waals surface area (Å²) in [4.78, 5) is 4.43. The van der Waals surface area contributed by atoms with Crippen LogP contribution in [0.5, 0.6) is 0 Å². The van der Waals surface area contributed by atoms with Gasteiger partial charge in [-0.1, -0.05) is 12.1 Å². The Hall–Kier alpha value is -2.33. The minimum absolute atomic E-state index is 0.372. The minimum Gasteiger partial charge on any atom is -0.442 e. The first-order valence-electron chi connectivity index (χ1n) is 7.92. The number of halogens is 1. The van der Waals surface area contributed by atoms with Crippen LogP contribution in [0.25, 0.3) is 5.69 Å². The van der Waals surface area contributed by atoms with Crippen LogP contribution in [-0.4, -0.2) is 10.8 Å². The lowest BCUT2D eigenvalue weighted by atomic mass is 10.2. The van der Waals surface area contributed by atoms with Crippen molar-refractivity contribution < 1.29 is 4.42 Å². The number of aliphatic imine (C=N–C) groups is 1. The third kappa shape index (κ3) is 3.14. The van der Waals surface area contributed by atoms with Crippen LogP contribution >= 0.6 is 22.6 Å². The molecule has 0 N–H and O–H groups in total. The number of rotatable bonds is 3. The van der Waals surface area contributed by atoms with Crippen LogP contribution in [0.2, 0.25) is 0 Å². The van der Waals surface area contributed by atoms with Gasteiger partial charge in [0.2, 0.25) is 5.88 Å². The third-order valence-electron chi connectivity index (χ3n) is 4.36. The van der Waals surface area contributed by atoms with Crippen molar-refractivity contribution in [3.8, 4) is 11.8 Å². The quantitative estimate of drug-likeness (QED) is 0.395. The molecule has 0 radical (unpaired) electrons. The van der Waals surface area contributed by atoms with Crippen molar-refractivity contribution in [2.24, 2.45) is 4.99 Å². The number of para-hydroxylation sites is 1. The Bertz CT molecular complexity index is 1020. The van der Waals surface area contributed by atoms with Crippen LogP contribution in [0.4, 0.5) is 5.88 Å². The predicted octanol–water partition coefficient (Wildman–Crippen LogP) is 5.53. The first-order valence-corrected chi connectivity index (χ1v) is 9.00. The van der Waals surface area contributed by atoms with Gasteiger partial charge in [-0.2, -0.15) is 5.26 Å². The average Bonchev–Trinajstić information content (AvgIpc) is 3.02. The highest BCUT2D eigenvalue weighted by Crippen LogP contribution is 2.29. The zero-order valence-corrected chi connectivity index (χ0v) is 16.7. The third-order valence-corrected chi connectivity index (χ3v) is 5.28. The summed E-state index contributed by atoms with van der Waals surface area (Å²) >= 11 is 2.35. The highest BCUT2D eigenvalue weighted by atomic mass is 127. The summed E-state index contributed by atoms with van der Waals surface area (Å²) in [5.74, 6) is 1.10. The van der Waals surface area contributed by atoms with E-state index in [4.69, 9.17) is 4.42 Å². The fourth-order valence-electron chi connectivity index (χ4n) is 2.88. The zero-order valence-electron chi connectivity index (χ0n) is 14.6. The summed E-state index contributed by atoms with van der Waals surface area (Å²) in [5, 5.41) is 9.30. The lowest BCUT2D eigenvalue weighted by Gasteiger charge is -2.11. The zero-order chi connectivity index (χ0) is 18.1. The first-order chi connectivity index (χ1) is 11.9. The van der Waals surface area contributed by atoms with Gasteiger partial charge in [0.25, 0.3) is 0 Å². The molecule has 0 aliphatic carbocycles. The molecule has 0 amide bonds. The van der Waals surface area contributed by atoms with Crippen LogP contribution in [0.15, 0.2) is 39.7 Å². The number of hydrogen-bond acceptors (Lipinski definition) is 3. The monoisotopic (exact) mass is 443 g/mol. The summed E-state index contributed by atoms with van der Waals surface area (Å²) in [6, 6.07) is 12.5. The van der Waals surface area contributed by atoms with Crippen molar-refractivity contribution in [3.63, 3.8) is 0 Å². The molecule has 25 heavy (non-hydrogen) atoms. The van der Waals surface area contributed by atoms with E-state index in [0.717, 1.165) is 34.0 Å². The number of hydrogen-bond donors (Lipinski definition) is 0. The second kappa shape index (κ2) is 6.89. The van der Waals surface area contributed by atoms with E-state index in [0.29, 0.717) is 11.4 Å². The Kier molecular flexibility index (Phi) is 4.82. The molecule has 126 valence electrons. The number of aromatic nitrogens is 1. The highest BCUT2D eigenvalue weighted by Gasteiger charge is 2.14. The van der Waals surface area contributed by atoms with E-state index in [9.17, 15) is 5.26 Å². The molecule has 5 heteroatoms. The Morgan fingerprint density at radius 3 is 2.60 bits per heavy atom. The van der Waals surface area contributed by atoms with E-state index < -0.39 is 0 Å². The SMILES string of the molecule is Cc1oc(N=Cc2cc(C)n(-c3ccccc3I)c2C)c(C#N)c1C. The molecule has 4 nitrogen and oxygen atoms in total. The van der Waals surface area contributed by atoms with E-state index in [1.807, 2.05) is 26.0 Å². The summed E-state index contributed by atoms with van der Waals surface area (Å²) in [6.07, 6.45) is 1.77. The molecule has 1 aromatic carbocycles. The molecular weight excluding hydrogens is 425 g/mol. The molecule has 2 aromatic heterocycles. The van der Waals surface area contributed by atoms with Crippen LogP contribution < -0.4 is 0 Å². The molecule has 0 saturated heterocycles. The summed E-state index contributed by atoms with van der Waals surface area (Å²) in [7, 11) is 0. The lowest BCUT2D eigenvalue weighted by Crippen LogP contribution is -2.01. The Morgan fingerprint density at radius 1 is 1.20 bits per heavy atom. The molecule has 3 rings (SSSR count). The summed E-state index contributed by atoms with van der Waals surface area (Å²) < 4.78 is 9.01. The van der Waals surface area contributed by atoms with Crippen molar-refractivity contribution in [2.45, 2.75) is 27.7 Å². The second-order valence-corrected chi connectivity index (χ2v) is 7.11. The molecule has 3 aromatic rings. The van der Waals surface area contributed by atoms with Gasteiger partial charge in [-0.05, 0) is 68.5 Å². The van der Waals surface area contributed by atoms with E-state index in [1.54, 1.807) is 6.21 Å². The van der Waals surface area contributed by atoms with Gasteiger partial charge in [-0.25, -0.2) is 4.99 Å². The summed E-state index contributed by atoms with van der Waals surface area (Å²) in [6.45, 7) is 7.87. The first kappa shape index (κ1) is 17.5. The number of benzene rings is 1. The number of aryl methyl sites for hydroxylation is 2. The molecule has 0 atom stereocenters. The van der Waals surface area contributed by atoms with Gasteiger partial charge in [0, 0.05) is 32.3 Å². The Morgan fingerprint density at radius 2 is 1.92 bits per heavy atom. The highest BCUT2D eigenvalue weighted by molar-refractivity contribution is 14.1. The normalized spacial score (nSPS) is 11.2. The molecule has 0 aliphatic heterocycles.